The topological polar surface area (TPSA) is 27.8 Å². The first-order valence-electron chi connectivity index (χ1n) is 3.74. The Labute approximate surface area is 60.6 Å². The second-order valence-corrected chi connectivity index (χ2v) is 2.88. The van der Waals surface area contributed by atoms with E-state index in [1.54, 1.807) is 0 Å². The average Bonchev–Trinajstić information content (AvgIpc) is 2.27. The third-order valence-electron chi connectivity index (χ3n) is 1.99. The van der Waals surface area contributed by atoms with Crippen molar-refractivity contribution in [1.29, 1.82) is 0 Å². The molecule has 2 heterocycles. The van der Waals surface area contributed by atoms with Crippen LogP contribution < -0.4 is 5.32 Å². The van der Waals surface area contributed by atoms with Crippen LogP contribution in [0.15, 0.2) is 6.07 Å². The van der Waals surface area contributed by atoms with Gasteiger partial charge in [-0.3, -0.25) is 0 Å². The summed E-state index contributed by atoms with van der Waals surface area (Å²) in [6.07, 6.45) is 1.16. The van der Waals surface area contributed by atoms with Crippen LogP contribution in [0.3, 0.4) is 0 Å². The Morgan fingerprint density at radius 3 is 3.20 bits per heavy atom. The Morgan fingerprint density at radius 2 is 2.40 bits per heavy atom. The lowest BCUT2D eigenvalue weighted by Crippen LogP contribution is -2.22. The Hall–Kier alpha value is -0.760. The van der Waals surface area contributed by atoms with Crippen molar-refractivity contribution in [2.75, 3.05) is 6.54 Å². The van der Waals surface area contributed by atoms with Crippen LogP contribution in [0.1, 0.15) is 17.0 Å². The van der Waals surface area contributed by atoms with Gasteiger partial charge in [-0.15, -0.1) is 0 Å². The van der Waals surface area contributed by atoms with Crippen LogP contribution in [-0.2, 0) is 13.0 Å². The Kier molecular flexibility index (Phi) is 1.27. The fraction of sp³-hybridized carbons (Fsp3) is 0.500. The minimum Gasteiger partial charge on any atom is -0.362 e. The fourth-order valence-corrected chi connectivity index (χ4v) is 1.52. The summed E-state index contributed by atoms with van der Waals surface area (Å²) in [5.41, 5.74) is 4.16. The molecule has 1 aliphatic heterocycles. The molecule has 10 heavy (non-hydrogen) atoms. The highest BCUT2D eigenvalue weighted by Crippen LogP contribution is 2.13. The molecule has 0 saturated carbocycles. The van der Waals surface area contributed by atoms with Gasteiger partial charge in [-0.05, 0) is 18.6 Å². The first-order valence-corrected chi connectivity index (χ1v) is 3.74. The van der Waals surface area contributed by atoms with Gasteiger partial charge in [-0.1, -0.05) is 0 Å². The lowest BCUT2D eigenvalue weighted by molar-refractivity contribution is 0.638. The third-order valence-corrected chi connectivity index (χ3v) is 1.99. The molecule has 54 valence electrons. The summed E-state index contributed by atoms with van der Waals surface area (Å²) in [4.78, 5) is 3.36. The van der Waals surface area contributed by atoms with Gasteiger partial charge >= 0.3 is 0 Å². The summed E-state index contributed by atoms with van der Waals surface area (Å²) < 4.78 is 0. The highest BCUT2D eigenvalue weighted by atomic mass is 14.9. The van der Waals surface area contributed by atoms with E-state index in [0.29, 0.717) is 0 Å². The predicted octanol–water partition coefficient (Wildman–Crippen LogP) is 0.969. The van der Waals surface area contributed by atoms with Crippen molar-refractivity contribution < 1.29 is 0 Å². The number of aryl methyl sites for hydroxylation is 1. The summed E-state index contributed by atoms with van der Waals surface area (Å²) >= 11 is 0. The molecule has 1 aromatic rings. The van der Waals surface area contributed by atoms with Gasteiger partial charge in [-0.2, -0.15) is 0 Å². The molecule has 0 aromatic carbocycles. The SMILES string of the molecule is Cc1cc2c([nH]1)CCNC2. The van der Waals surface area contributed by atoms with E-state index in [2.05, 4.69) is 23.3 Å². The number of rotatable bonds is 0. The molecule has 0 saturated heterocycles. The standard InChI is InChI=1S/C8H12N2/c1-6-4-7-5-9-3-2-8(7)10-6/h4,9-10H,2-3,5H2,1H3. The normalized spacial score (nSPS) is 16.9. The number of aromatic nitrogens is 1. The third kappa shape index (κ3) is 0.847. The van der Waals surface area contributed by atoms with Gasteiger partial charge < -0.3 is 10.3 Å². The monoisotopic (exact) mass is 136 g/mol. The van der Waals surface area contributed by atoms with E-state index in [9.17, 15) is 0 Å². The second-order valence-electron chi connectivity index (χ2n) is 2.88. The van der Waals surface area contributed by atoms with Gasteiger partial charge in [0.2, 0.25) is 0 Å². The molecular weight excluding hydrogens is 124 g/mol. The van der Waals surface area contributed by atoms with Crippen LogP contribution in [0.5, 0.6) is 0 Å². The molecule has 0 spiro atoms. The number of aromatic amines is 1. The zero-order chi connectivity index (χ0) is 6.97. The maximum Gasteiger partial charge on any atom is 0.0223 e. The highest BCUT2D eigenvalue weighted by Gasteiger charge is 2.09. The van der Waals surface area contributed by atoms with Crippen molar-refractivity contribution in [3.63, 3.8) is 0 Å². The molecule has 2 nitrogen and oxygen atoms in total. The molecule has 1 aromatic heterocycles. The molecule has 2 heteroatoms. The summed E-state index contributed by atoms with van der Waals surface area (Å²) in [5, 5.41) is 3.33. The van der Waals surface area contributed by atoms with E-state index in [1.165, 1.54) is 17.0 Å². The van der Waals surface area contributed by atoms with E-state index < -0.39 is 0 Å². The Bertz CT molecular complexity index is 214. The fourth-order valence-electron chi connectivity index (χ4n) is 1.52. The molecule has 0 radical (unpaired) electrons. The number of H-pyrrole nitrogens is 1. The van der Waals surface area contributed by atoms with Gasteiger partial charge in [0.1, 0.15) is 0 Å². The van der Waals surface area contributed by atoms with Crippen LogP contribution in [0, 0.1) is 6.92 Å². The first kappa shape index (κ1) is 5.98. The first-order chi connectivity index (χ1) is 4.86. The van der Waals surface area contributed by atoms with Gasteiger partial charge in [0.25, 0.3) is 0 Å². The zero-order valence-corrected chi connectivity index (χ0v) is 6.20. The zero-order valence-electron chi connectivity index (χ0n) is 6.20. The van der Waals surface area contributed by atoms with Crippen molar-refractivity contribution in [2.24, 2.45) is 0 Å². The molecule has 2 rings (SSSR count). The Balaban J connectivity index is 2.41. The van der Waals surface area contributed by atoms with Crippen molar-refractivity contribution in [3.8, 4) is 0 Å². The van der Waals surface area contributed by atoms with Crippen LogP contribution >= 0.6 is 0 Å². The molecule has 0 amide bonds. The maximum absolute atomic E-state index is 3.36. The van der Waals surface area contributed by atoms with E-state index in [0.717, 1.165) is 19.5 Å². The van der Waals surface area contributed by atoms with Gasteiger partial charge in [0.05, 0.1) is 0 Å². The number of hydrogen-bond donors (Lipinski definition) is 2. The van der Waals surface area contributed by atoms with Crippen LogP contribution in [0.2, 0.25) is 0 Å². The molecule has 0 unspecified atom stereocenters. The molecule has 0 atom stereocenters. The molecular formula is C8H12N2. The smallest absolute Gasteiger partial charge is 0.0223 e. The largest absolute Gasteiger partial charge is 0.362 e. The summed E-state index contributed by atoms with van der Waals surface area (Å²) in [6, 6.07) is 2.22. The van der Waals surface area contributed by atoms with Crippen molar-refractivity contribution in [1.82, 2.24) is 10.3 Å². The average molecular weight is 136 g/mol. The minimum absolute atomic E-state index is 1.04. The number of fused-ring (bicyclic) bond motifs is 1. The van der Waals surface area contributed by atoms with Gasteiger partial charge in [0.15, 0.2) is 0 Å². The number of hydrogen-bond acceptors (Lipinski definition) is 1. The minimum atomic E-state index is 1.04. The predicted molar refractivity (Wildman–Crippen MR) is 40.9 cm³/mol. The van der Waals surface area contributed by atoms with E-state index in [4.69, 9.17) is 0 Å². The lowest BCUT2D eigenvalue weighted by atomic mass is 10.1. The number of nitrogens with one attached hydrogen (secondary N) is 2. The van der Waals surface area contributed by atoms with Crippen molar-refractivity contribution in [3.05, 3.63) is 23.0 Å². The molecule has 2 N–H and O–H groups in total. The summed E-state index contributed by atoms with van der Waals surface area (Å²) in [5.74, 6) is 0. The van der Waals surface area contributed by atoms with E-state index >= 15 is 0 Å². The van der Waals surface area contributed by atoms with E-state index in [-0.39, 0.29) is 0 Å². The second kappa shape index (κ2) is 2.13. The molecule has 0 fully saturated rings. The van der Waals surface area contributed by atoms with Crippen LogP contribution in [0.25, 0.3) is 0 Å². The van der Waals surface area contributed by atoms with Crippen LogP contribution in [-0.4, -0.2) is 11.5 Å². The van der Waals surface area contributed by atoms with Crippen LogP contribution in [0.4, 0.5) is 0 Å². The van der Waals surface area contributed by atoms with Crippen molar-refractivity contribution >= 4 is 0 Å². The van der Waals surface area contributed by atoms with Crippen molar-refractivity contribution in [2.45, 2.75) is 19.9 Å². The molecule has 1 aliphatic rings. The molecule has 0 bridgehead atoms. The Morgan fingerprint density at radius 1 is 1.50 bits per heavy atom. The summed E-state index contributed by atoms with van der Waals surface area (Å²) in [6.45, 7) is 4.27. The summed E-state index contributed by atoms with van der Waals surface area (Å²) in [7, 11) is 0. The lowest BCUT2D eigenvalue weighted by Gasteiger charge is -2.11. The highest BCUT2D eigenvalue weighted by molar-refractivity contribution is 5.27. The molecule has 0 aliphatic carbocycles. The van der Waals surface area contributed by atoms with E-state index in [1.807, 2.05) is 0 Å². The maximum atomic E-state index is 3.36. The quantitative estimate of drug-likeness (QED) is 0.546. The van der Waals surface area contributed by atoms with Gasteiger partial charge in [-0.25, -0.2) is 0 Å². The van der Waals surface area contributed by atoms with Gasteiger partial charge in [0, 0.05) is 30.9 Å².